The Hall–Kier alpha value is -2.16. The maximum Gasteiger partial charge on any atom is 0.137 e. The second-order valence-electron chi connectivity index (χ2n) is 4.41. The lowest BCUT2D eigenvalue weighted by molar-refractivity contribution is 0.628. The molecule has 0 saturated heterocycles. The fourth-order valence-corrected chi connectivity index (χ4v) is 2.31. The number of pyridine rings is 1. The molecule has 0 unspecified atom stereocenters. The molecule has 18 heavy (non-hydrogen) atoms. The number of fused-ring (bicyclic) bond motifs is 1. The van der Waals surface area contributed by atoms with Gasteiger partial charge < -0.3 is 4.40 Å². The van der Waals surface area contributed by atoms with Crippen molar-refractivity contribution < 1.29 is 4.39 Å². The number of aromatic nitrogens is 2. The number of nitrogens with zero attached hydrogens (tertiary/aromatic N) is 2. The lowest BCUT2D eigenvalue weighted by Gasteiger charge is -2.02. The average Bonchev–Trinajstić information content (AvgIpc) is 2.69. The zero-order chi connectivity index (χ0) is 12.7. The Bertz CT molecular complexity index is 711. The van der Waals surface area contributed by atoms with Crippen molar-refractivity contribution in [1.82, 2.24) is 9.38 Å². The first kappa shape index (κ1) is 11.0. The van der Waals surface area contributed by atoms with Gasteiger partial charge in [-0.25, -0.2) is 9.37 Å². The van der Waals surface area contributed by atoms with E-state index >= 15 is 0 Å². The molecule has 0 aliphatic heterocycles. The summed E-state index contributed by atoms with van der Waals surface area (Å²) in [4.78, 5) is 4.61. The molecule has 2 aromatic heterocycles. The zero-order valence-electron chi connectivity index (χ0n) is 10.3. The SMILES string of the molecule is Cc1cccc2nc(-c3ccc(F)cc3)c(C)n12. The summed E-state index contributed by atoms with van der Waals surface area (Å²) >= 11 is 0. The number of benzene rings is 1. The minimum Gasteiger partial charge on any atom is -0.301 e. The van der Waals surface area contributed by atoms with E-state index in [1.54, 1.807) is 12.1 Å². The van der Waals surface area contributed by atoms with Crippen LogP contribution >= 0.6 is 0 Å². The molecule has 0 saturated carbocycles. The van der Waals surface area contributed by atoms with Crippen LogP contribution in [-0.2, 0) is 0 Å². The summed E-state index contributed by atoms with van der Waals surface area (Å²) in [5.74, 6) is -0.226. The number of rotatable bonds is 1. The molecule has 3 rings (SSSR count). The highest BCUT2D eigenvalue weighted by molar-refractivity contribution is 5.66. The highest BCUT2D eigenvalue weighted by Crippen LogP contribution is 2.24. The number of imidazole rings is 1. The van der Waals surface area contributed by atoms with Gasteiger partial charge in [-0.3, -0.25) is 0 Å². The van der Waals surface area contributed by atoms with Gasteiger partial charge in [0.05, 0.1) is 5.69 Å². The normalized spacial score (nSPS) is 11.1. The Labute approximate surface area is 105 Å². The van der Waals surface area contributed by atoms with E-state index in [0.29, 0.717) is 0 Å². The van der Waals surface area contributed by atoms with Crippen LogP contribution in [0.3, 0.4) is 0 Å². The van der Waals surface area contributed by atoms with Crippen molar-refractivity contribution in [2.24, 2.45) is 0 Å². The first-order valence-corrected chi connectivity index (χ1v) is 5.87. The summed E-state index contributed by atoms with van der Waals surface area (Å²) in [6.45, 7) is 4.09. The standard InChI is InChI=1S/C15H13FN2/c1-10-4-3-5-14-17-15(11(2)18(10)14)12-6-8-13(16)9-7-12/h3-9H,1-2H3. The molecule has 0 aliphatic carbocycles. The maximum atomic E-state index is 12.9. The molecule has 0 fully saturated rings. The molecule has 0 aliphatic rings. The van der Waals surface area contributed by atoms with Gasteiger partial charge in [0.25, 0.3) is 0 Å². The zero-order valence-corrected chi connectivity index (χ0v) is 10.3. The van der Waals surface area contributed by atoms with Gasteiger partial charge in [0.2, 0.25) is 0 Å². The van der Waals surface area contributed by atoms with Gasteiger partial charge >= 0.3 is 0 Å². The molecule has 0 atom stereocenters. The molecular formula is C15H13FN2. The van der Waals surface area contributed by atoms with E-state index < -0.39 is 0 Å². The van der Waals surface area contributed by atoms with Gasteiger partial charge in [0, 0.05) is 17.0 Å². The van der Waals surface area contributed by atoms with E-state index in [2.05, 4.69) is 22.4 Å². The third kappa shape index (κ3) is 1.59. The molecular weight excluding hydrogens is 227 g/mol. The van der Waals surface area contributed by atoms with Crippen molar-refractivity contribution in [3.63, 3.8) is 0 Å². The van der Waals surface area contributed by atoms with Crippen LogP contribution in [0.5, 0.6) is 0 Å². The van der Waals surface area contributed by atoms with Crippen LogP contribution in [0.25, 0.3) is 16.9 Å². The Morgan fingerprint density at radius 1 is 1.00 bits per heavy atom. The van der Waals surface area contributed by atoms with Crippen molar-refractivity contribution in [3.8, 4) is 11.3 Å². The van der Waals surface area contributed by atoms with Crippen molar-refractivity contribution in [2.75, 3.05) is 0 Å². The minimum atomic E-state index is -0.226. The van der Waals surface area contributed by atoms with Crippen molar-refractivity contribution in [1.29, 1.82) is 0 Å². The Morgan fingerprint density at radius 2 is 1.72 bits per heavy atom. The molecule has 1 aromatic carbocycles. The summed E-state index contributed by atoms with van der Waals surface area (Å²) in [7, 11) is 0. The van der Waals surface area contributed by atoms with Crippen LogP contribution in [0.4, 0.5) is 4.39 Å². The topological polar surface area (TPSA) is 17.3 Å². The summed E-state index contributed by atoms with van der Waals surface area (Å²) in [5, 5.41) is 0. The molecule has 0 radical (unpaired) electrons. The summed E-state index contributed by atoms with van der Waals surface area (Å²) < 4.78 is 15.1. The van der Waals surface area contributed by atoms with Crippen LogP contribution in [0.1, 0.15) is 11.4 Å². The predicted molar refractivity (Wildman–Crippen MR) is 70.1 cm³/mol. The van der Waals surface area contributed by atoms with Crippen molar-refractivity contribution >= 4 is 5.65 Å². The van der Waals surface area contributed by atoms with Crippen LogP contribution in [-0.4, -0.2) is 9.38 Å². The van der Waals surface area contributed by atoms with Gasteiger partial charge in [-0.05, 0) is 50.2 Å². The second-order valence-corrected chi connectivity index (χ2v) is 4.41. The lowest BCUT2D eigenvalue weighted by atomic mass is 10.1. The number of aryl methyl sites for hydroxylation is 2. The molecule has 3 heteroatoms. The molecule has 2 heterocycles. The van der Waals surface area contributed by atoms with Crippen LogP contribution < -0.4 is 0 Å². The number of halogens is 1. The fourth-order valence-electron chi connectivity index (χ4n) is 2.31. The monoisotopic (exact) mass is 240 g/mol. The lowest BCUT2D eigenvalue weighted by Crippen LogP contribution is -1.92. The highest BCUT2D eigenvalue weighted by atomic mass is 19.1. The Kier molecular flexibility index (Phi) is 2.40. The van der Waals surface area contributed by atoms with Crippen molar-refractivity contribution in [2.45, 2.75) is 13.8 Å². The average molecular weight is 240 g/mol. The van der Waals surface area contributed by atoms with Crippen molar-refractivity contribution in [3.05, 3.63) is 59.7 Å². The predicted octanol–water partition coefficient (Wildman–Crippen LogP) is 3.76. The maximum absolute atomic E-state index is 12.9. The highest BCUT2D eigenvalue weighted by Gasteiger charge is 2.11. The summed E-state index contributed by atoms with van der Waals surface area (Å²) in [6, 6.07) is 12.5. The quantitative estimate of drug-likeness (QED) is 0.633. The van der Waals surface area contributed by atoms with Gasteiger partial charge in [0.1, 0.15) is 11.5 Å². The van der Waals surface area contributed by atoms with E-state index in [4.69, 9.17) is 0 Å². The van der Waals surface area contributed by atoms with Gasteiger partial charge in [0.15, 0.2) is 0 Å². The second kappa shape index (κ2) is 3.95. The molecule has 0 bridgehead atoms. The summed E-state index contributed by atoms with van der Waals surface area (Å²) in [6.07, 6.45) is 0. The molecule has 0 spiro atoms. The van der Waals surface area contributed by atoms with Crippen LogP contribution in [0.15, 0.2) is 42.5 Å². The third-order valence-corrected chi connectivity index (χ3v) is 3.19. The number of hydrogen-bond donors (Lipinski definition) is 0. The molecule has 2 nitrogen and oxygen atoms in total. The van der Waals surface area contributed by atoms with Crippen LogP contribution in [0.2, 0.25) is 0 Å². The largest absolute Gasteiger partial charge is 0.301 e. The first-order valence-electron chi connectivity index (χ1n) is 5.87. The minimum absolute atomic E-state index is 0.226. The van der Waals surface area contributed by atoms with E-state index in [-0.39, 0.29) is 5.82 Å². The molecule has 90 valence electrons. The van der Waals surface area contributed by atoms with Crippen LogP contribution in [0, 0.1) is 19.7 Å². The van der Waals surface area contributed by atoms with E-state index in [0.717, 1.165) is 28.3 Å². The van der Waals surface area contributed by atoms with Gasteiger partial charge in [-0.1, -0.05) is 6.07 Å². The van der Waals surface area contributed by atoms with Gasteiger partial charge in [-0.15, -0.1) is 0 Å². The fraction of sp³-hybridized carbons (Fsp3) is 0.133. The third-order valence-electron chi connectivity index (χ3n) is 3.19. The molecule has 0 N–H and O–H groups in total. The van der Waals surface area contributed by atoms with E-state index in [1.807, 2.05) is 19.1 Å². The van der Waals surface area contributed by atoms with E-state index in [9.17, 15) is 4.39 Å². The summed E-state index contributed by atoms with van der Waals surface area (Å²) in [5.41, 5.74) is 4.99. The first-order chi connectivity index (χ1) is 8.66. The number of hydrogen-bond acceptors (Lipinski definition) is 1. The smallest absolute Gasteiger partial charge is 0.137 e. The van der Waals surface area contributed by atoms with Gasteiger partial charge in [-0.2, -0.15) is 0 Å². The Balaban J connectivity index is 2.27. The van der Waals surface area contributed by atoms with E-state index in [1.165, 1.54) is 12.1 Å². The molecule has 0 amide bonds. The molecule has 3 aromatic rings. The Morgan fingerprint density at radius 3 is 2.39 bits per heavy atom.